The van der Waals surface area contributed by atoms with E-state index in [-0.39, 0.29) is 17.6 Å². The maximum Gasteiger partial charge on any atom is 0.222 e. The van der Waals surface area contributed by atoms with E-state index >= 15 is 0 Å². The summed E-state index contributed by atoms with van der Waals surface area (Å²) in [6.07, 6.45) is 5.62. The van der Waals surface area contributed by atoms with Gasteiger partial charge in [0.1, 0.15) is 5.82 Å². The van der Waals surface area contributed by atoms with E-state index in [2.05, 4.69) is 4.98 Å². The van der Waals surface area contributed by atoms with Crippen LogP contribution in [0.15, 0.2) is 48.8 Å². The number of rotatable bonds is 5. The summed E-state index contributed by atoms with van der Waals surface area (Å²) in [4.78, 5) is 18.3. The van der Waals surface area contributed by atoms with E-state index in [1.54, 1.807) is 24.5 Å². The molecule has 0 aliphatic carbocycles. The van der Waals surface area contributed by atoms with Gasteiger partial charge in [0, 0.05) is 31.9 Å². The monoisotopic (exact) mass is 342 g/mol. The zero-order valence-corrected chi connectivity index (χ0v) is 14.1. The van der Waals surface area contributed by atoms with Crippen molar-refractivity contribution in [3.63, 3.8) is 0 Å². The highest BCUT2D eigenvalue weighted by Crippen LogP contribution is 2.31. The van der Waals surface area contributed by atoms with Gasteiger partial charge in [-0.05, 0) is 54.5 Å². The zero-order chi connectivity index (χ0) is 17.6. The molecular formula is C20H23FN2O2. The van der Waals surface area contributed by atoms with Gasteiger partial charge in [-0.3, -0.25) is 9.78 Å². The van der Waals surface area contributed by atoms with Crippen LogP contribution in [0.25, 0.3) is 0 Å². The summed E-state index contributed by atoms with van der Waals surface area (Å²) in [6.45, 7) is 1.32. The molecule has 5 heteroatoms. The average molecular weight is 342 g/mol. The third-order valence-corrected chi connectivity index (χ3v) is 4.90. The van der Waals surface area contributed by atoms with Crippen molar-refractivity contribution in [1.82, 2.24) is 9.88 Å². The van der Waals surface area contributed by atoms with E-state index in [9.17, 15) is 14.3 Å². The summed E-state index contributed by atoms with van der Waals surface area (Å²) in [6, 6.07) is 9.86. The lowest BCUT2D eigenvalue weighted by molar-refractivity contribution is -0.133. The van der Waals surface area contributed by atoms with Gasteiger partial charge >= 0.3 is 0 Å². The number of aromatic nitrogens is 1. The second-order valence-electron chi connectivity index (χ2n) is 6.58. The van der Waals surface area contributed by atoms with Crippen molar-refractivity contribution in [3.8, 4) is 0 Å². The number of benzene rings is 1. The first-order valence-electron chi connectivity index (χ1n) is 8.73. The molecule has 1 fully saturated rings. The maximum absolute atomic E-state index is 13.0. The highest BCUT2D eigenvalue weighted by Gasteiger charge is 2.28. The highest BCUT2D eigenvalue weighted by molar-refractivity contribution is 5.76. The van der Waals surface area contributed by atoms with Gasteiger partial charge in [0.25, 0.3) is 0 Å². The number of hydrogen-bond acceptors (Lipinski definition) is 3. The van der Waals surface area contributed by atoms with E-state index in [0.29, 0.717) is 25.9 Å². The molecule has 1 atom stereocenters. The highest BCUT2D eigenvalue weighted by atomic mass is 19.1. The molecule has 1 saturated heterocycles. The number of pyridine rings is 1. The molecule has 132 valence electrons. The predicted molar refractivity (Wildman–Crippen MR) is 93.2 cm³/mol. The summed E-state index contributed by atoms with van der Waals surface area (Å²) in [5, 5.41) is 10.5. The molecule has 1 N–H and O–H groups in total. The molecule has 1 aliphatic heterocycles. The van der Waals surface area contributed by atoms with Gasteiger partial charge in [0.05, 0.1) is 6.10 Å². The molecule has 1 aliphatic rings. The topological polar surface area (TPSA) is 53.4 Å². The minimum Gasteiger partial charge on any atom is -0.388 e. The molecule has 1 aromatic heterocycles. The molecule has 0 spiro atoms. The lowest BCUT2D eigenvalue weighted by Gasteiger charge is -2.34. The largest absolute Gasteiger partial charge is 0.388 e. The normalized spacial score (nSPS) is 16.6. The Morgan fingerprint density at radius 2 is 1.96 bits per heavy atom. The number of aryl methyl sites for hydroxylation is 1. The summed E-state index contributed by atoms with van der Waals surface area (Å²) < 4.78 is 13.0. The van der Waals surface area contributed by atoms with Crippen LogP contribution in [0.1, 0.15) is 36.5 Å². The van der Waals surface area contributed by atoms with E-state index in [4.69, 9.17) is 0 Å². The van der Waals surface area contributed by atoms with Gasteiger partial charge in [-0.25, -0.2) is 4.39 Å². The fourth-order valence-electron chi connectivity index (χ4n) is 3.35. The van der Waals surface area contributed by atoms with Crippen molar-refractivity contribution in [1.29, 1.82) is 0 Å². The second kappa shape index (κ2) is 8.21. The molecular weight excluding hydrogens is 319 g/mol. The zero-order valence-electron chi connectivity index (χ0n) is 14.1. The Bertz CT molecular complexity index is 683. The van der Waals surface area contributed by atoms with E-state index in [1.165, 1.54) is 12.1 Å². The van der Waals surface area contributed by atoms with Gasteiger partial charge in [-0.1, -0.05) is 18.2 Å². The van der Waals surface area contributed by atoms with Crippen molar-refractivity contribution >= 4 is 5.91 Å². The van der Waals surface area contributed by atoms with Gasteiger partial charge < -0.3 is 10.0 Å². The number of nitrogens with zero attached hydrogens (tertiary/aromatic N) is 2. The number of carbonyl (C=O) groups excluding carboxylic acids is 1. The molecule has 2 aromatic rings. The van der Waals surface area contributed by atoms with E-state index < -0.39 is 6.10 Å². The smallest absolute Gasteiger partial charge is 0.222 e. The van der Waals surface area contributed by atoms with Crippen LogP contribution in [-0.2, 0) is 11.2 Å². The van der Waals surface area contributed by atoms with Crippen molar-refractivity contribution in [2.75, 3.05) is 13.1 Å². The van der Waals surface area contributed by atoms with Crippen molar-refractivity contribution < 1.29 is 14.3 Å². The Labute approximate surface area is 147 Å². The van der Waals surface area contributed by atoms with Crippen LogP contribution in [0.4, 0.5) is 4.39 Å². The predicted octanol–water partition coefficient (Wildman–Crippen LogP) is 3.13. The molecule has 0 unspecified atom stereocenters. The summed E-state index contributed by atoms with van der Waals surface area (Å²) in [5.74, 6) is -0.0450. The second-order valence-corrected chi connectivity index (χ2v) is 6.58. The molecule has 0 bridgehead atoms. The molecule has 3 rings (SSSR count). The number of aliphatic hydroxyl groups excluding tert-OH is 1. The van der Waals surface area contributed by atoms with Crippen LogP contribution in [0, 0.1) is 11.7 Å². The molecule has 0 radical (unpaired) electrons. The first-order chi connectivity index (χ1) is 12.1. The standard InChI is InChI=1S/C20H23FN2O2/c21-18-6-4-16(5-7-18)20(25)17-9-12-23(13-10-17)19(24)8-3-15-2-1-11-22-14-15/h1-2,4-7,11,14,17,20,25H,3,8-10,12-13H2/t20-/m0/s1. The molecule has 0 saturated carbocycles. The number of halogens is 1. The van der Waals surface area contributed by atoms with Crippen molar-refractivity contribution in [3.05, 3.63) is 65.7 Å². The minimum absolute atomic E-state index is 0.104. The van der Waals surface area contributed by atoms with Crippen LogP contribution in [0.2, 0.25) is 0 Å². The average Bonchev–Trinajstić information content (AvgIpc) is 2.67. The number of carbonyl (C=O) groups is 1. The summed E-state index contributed by atoms with van der Waals surface area (Å²) in [5.41, 5.74) is 1.81. The third kappa shape index (κ3) is 4.63. The molecule has 1 amide bonds. The molecule has 25 heavy (non-hydrogen) atoms. The summed E-state index contributed by atoms with van der Waals surface area (Å²) >= 11 is 0. The Morgan fingerprint density at radius 3 is 2.60 bits per heavy atom. The lowest BCUT2D eigenvalue weighted by Crippen LogP contribution is -2.39. The molecule has 1 aromatic carbocycles. The number of hydrogen-bond donors (Lipinski definition) is 1. The quantitative estimate of drug-likeness (QED) is 0.908. The SMILES string of the molecule is O=C(CCc1cccnc1)N1CCC([C@@H](O)c2ccc(F)cc2)CC1. The number of likely N-dealkylation sites (tertiary alicyclic amines) is 1. The Kier molecular flexibility index (Phi) is 5.76. The third-order valence-electron chi connectivity index (χ3n) is 4.90. The lowest BCUT2D eigenvalue weighted by atomic mass is 9.87. The minimum atomic E-state index is -0.603. The van der Waals surface area contributed by atoms with Gasteiger partial charge in [-0.2, -0.15) is 0 Å². The Morgan fingerprint density at radius 1 is 1.24 bits per heavy atom. The van der Waals surface area contributed by atoms with Crippen molar-refractivity contribution in [2.24, 2.45) is 5.92 Å². The number of amides is 1. The Balaban J connectivity index is 1.47. The molecule has 4 nitrogen and oxygen atoms in total. The maximum atomic E-state index is 13.0. The first kappa shape index (κ1) is 17.5. The van der Waals surface area contributed by atoms with Gasteiger partial charge in [0.2, 0.25) is 5.91 Å². The Hall–Kier alpha value is -2.27. The van der Waals surface area contributed by atoms with Crippen LogP contribution >= 0.6 is 0 Å². The first-order valence-corrected chi connectivity index (χ1v) is 8.73. The van der Waals surface area contributed by atoms with E-state index in [0.717, 1.165) is 24.0 Å². The summed E-state index contributed by atoms with van der Waals surface area (Å²) in [7, 11) is 0. The van der Waals surface area contributed by atoms with Crippen LogP contribution in [0.3, 0.4) is 0 Å². The van der Waals surface area contributed by atoms with E-state index in [1.807, 2.05) is 17.0 Å². The fourth-order valence-corrected chi connectivity index (χ4v) is 3.35. The van der Waals surface area contributed by atoms with Gasteiger partial charge in [-0.15, -0.1) is 0 Å². The van der Waals surface area contributed by atoms with Crippen LogP contribution in [-0.4, -0.2) is 34.0 Å². The molecule has 2 heterocycles. The number of piperidine rings is 1. The van der Waals surface area contributed by atoms with Crippen LogP contribution < -0.4 is 0 Å². The van der Waals surface area contributed by atoms with Crippen molar-refractivity contribution in [2.45, 2.75) is 31.8 Å². The fraction of sp³-hybridized carbons (Fsp3) is 0.400. The number of aliphatic hydroxyl groups is 1. The van der Waals surface area contributed by atoms with Gasteiger partial charge in [0.15, 0.2) is 0 Å². The van der Waals surface area contributed by atoms with Crippen LogP contribution in [0.5, 0.6) is 0 Å².